The molecule has 0 spiro atoms. The summed E-state index contributed by atoms with van der Waals surface area (Å²) in [6.45, 7) is 3.61. The number of halogens is 3. The summed E-state index contributed by atoms with van der Waals surface area (Å²) in [5.74, 6) is 0.732. The highest BCUT2D eigenvalue weighted by atomic mass is 32.1. The number of piperazine rings is 1. The van der Waals surface area contributed by atoms with Crippen LogP contribution in [0.15, 0.2) is 54.2 Å². The van der Waals surface area contributed by atoms with Gasteiger partial charge in [0.15, 0.2) is 0 Å². The molecule has 0 saturated carbocycles. The fourth-order valence-corrected chi connectivity index (χ4v) is 3.86. The van der Waals surface area contributed by atoms with Crippen LogP contribution in [0.4, 0.5) is 18.0 Å². The van der Waals surface area contributed by atoms with E-state index in [4.69, 9.17) is 9.47 Å². The molecule has 0 radical (unpaired) electrons. The predicted molar refractivity (Wildman–Crippen MR) is 116 cm³/mol. The minimum absolute atomic E-state index is 0.0282. The molecule has 0 N–H and O–H groups in total. The lowest BCUT2D eigenvalue weighted by molar-refractivity contribution is -0.137. The van der Waals surface area contributed by atoms with Crippen LogP contribution in [0, 0.1) is 0 Å². The van der Waals surface area contributed by atoms with Gasteiger partial charge < -0.3 is 14.4 Å². The Morgan fingerprint density at radius 3 is 2.33 bits per heavy atom. The molecule has 11 heteroatoms. The van der Waals surface area contributed by atoms with E-state index in [-0.39, 0.29) is 5.88 Å². The molecule has 0 unspecified atom stereocenters. The molecule has 0 bridgehead atoms. The number of rotatable bonds is 6. The SMILES string of the molecule is O=C(Oc1ccc(Oc2ccc(C(F)(F)F)cn2)cc1)N1CCN(CCc2nccs2)CC1. The van der Waals surface area contributed by atoms with Crippen LogP contribution in [0.1, 0.15) is 10.6 Å². The van der Waals surface area contributed by atoms with Crippen molar-refractivity contribution < 1.29 is 27.4 Å². The maximum atomic E-state index is 12.6. The van der Waals surface area contributed by atoms with Gasteiger partial charge in [-0.15, -0.1) is 11.3 Å². The quantitative estimate of drug-likeness (QED) is 0.511. The molecule has 1 saturated heterocycles. The average molecular weight is 478 g/mol. The lowest BCUT2D eigenvalue weighted by Gasteiger charge is -2.33. The topological polar surface area (TPSA) is 67.8 Å². The van der Waals surface area contributed by atoms with E-state index in [0.29, 0.717) is 30.8 Å². The number of aromatic nitrogens is 2. The van der Waals surface area contributed by atoms with E-state index in [1.807, 2.05) is 5.38 Å². The normalized spacial score (nSPS) is 14.8. The highest BCUT2D eigenvalue weighted by Crippen LogP contribution is 2.30. The van der Waals surface area contributed by atoms with Gasteiger partial charge in [0.05, 0.1) is 10.6 Å². The number of alkyl halides is 3. The van der Waals surface area contributed by atoms with Gasteiger partial charge in [0.2, 0.25) is 5.88 Å². The molecular weight excluding hydrogens is 457 g/mol. The van der Waals surface area contributed by atoms with Gasteiger partial charge in [0.25, 0.3) is 0 Å². The first-order valence-corrected chi connectivity index (χ1v) is 11.1. The highest BCUT2D eigenvalue weighted by Gasteiger charge is 2.30. The van der Waals surface area contributed by atoms with Crippen molar-refractivity contribution in [2.24, 2.45) is 0 Å². The number of ether oxygens (including phenoxy) is 2. The Bertz CT molecular complexity index is 1040. The minimum Gasteiger partial charge on any atom is -0.439 e. The van der Waals surface area contributed by atoms with E-state index in [2.05, 4.69) is 14.9 Å². The van der Waals surface area contributed by atoms with E-state index in [1.165, 1.54) is 0 Å². The Balaban J connectivity index is 1.23. The summed E-state index contributed by atoms with van der Waals surface area (Å²) < 4.78 is 48.7. The summed E-state index contributed by atoms with van der Waals surface area (Å²) in [7, 11) is 0. The summed E-state index contributed by atoms with van der Waals surface area (Å²) in [5.41, 5.74) is -0.850. The van der Waals surface area contributed by atoms with E-state index in [9.17, 15) is 18.0 Å². The van der Waals surface area contributed by atoms with E-state index >= 15 is 0 Å². The smallest absolute Gasteiger partial charge is 0.417 e. The lowest BCUT2D eigenvalue weighted by atomic mass is 10.3. The van der Waals surface area contributed by atoms with Crippen molar-refractivity contribution in [2.75, 3.05) is 32.7 Å². The van der Waals surface area contributed by atoms with Crippen LogP contribution < -0.4 is 9.47 Å². The number of hydrogen-bond acceptors (Lipinski definition) is 7. The van der Waals surface area contributed by atoms with Crippen molar-refractivity contribution >= 4 is 17.4 Å². The summed E-state index contributed by atoms with van der Waals surface area (Å²) in [4.78, 5) is 24.4. The third kappa shape index (κ3) is 6.42. The predicted octanol–water partition coefficient (Wildman–Crippen LogP) is 4.71. The van der Waals surface area contributed by atoms with Crippen molar-refractivity contribution in [1.82, 2.24) is 19.8 Å². The van der Waals surface area contributed by atoms with Gasteiger partial charge in [0, 0.05) is 63.0 Å². The molecule has 2 aromatic heterocycles. The average Bonchev–Trinajstić information content (AvgIpc) is 3.33. The van der Waals surface area contributed by atoms with Crippen LogP contribution in [0.3, 0.4) is 0 Å². The maximum absolute atomic E-state index is 12.6. The summed E-state index contributed by atoms with van der Waals surface area (Å²) >= 11 is 1.65. The second-order valence-electron chi connectivity index (χ2n) is 7.33. The monoisotopic (exact) mass is 478 g/mol. The van der Waals surface area contributed by atoms with Crippen molar-refractivity contribution in [3.8, 4) is 17.4 Å². The first-order valence-electron chi connectivity index (χ1n) is 10.3. The largest absolute Gasteiger partial charge is 0.439 e. The second-order valence-corrected chi connectivity index (χ2v) is 8.31. The van der Waals surface area contributed by atoms with E-state index in [1.54, 1.807) is 46.7 Å². The molecule has 1 fully saturated rings. The van der Waals surface area contributed by atoms with Crippen molar-refractivity contribution in [3.63, 3.8) is 0 Å². The Kier molecular flexibility index (Phi) is 7.09. The highest BCUT2D eigenvalue weighted by molar-refractivity contribution is 7.09. The Morgan fingerprint density at radius 2 is 1.73 bits per heavy atom. The second kappa shape index (κ2) is 10.2. The third-order valence-electron chi connectivity index (χ3n) is 5.07. The number of carbonyl (C=O) groups excluding carboxylic acids is 1. The van der Waals surface area contributed by atoms with Gasteiger partial charge >= 0.3 is 12.3 Å². The maximum Gasteiger partial charge on any atom is 0.417 e. The summed E-state index contributed by atoms with van der Waals surface area (Å²) in [6, 6.07) is 8.27. The molecule has 0 aliphatic carbocycles. The molecule has 3 heterocycles. The molecule has 1 aliphatic heterocycles. The number of nitrogens with zero attached hydrogens (tertiary/aromatic N) is 4. The first kappa shape index (κ1) is 23.0. The number of benzene rings is 1. The van der Waals surface area contributed by atoms with Gasteiger partial charge in [-0.05, 0) is 30.3 Å². The van der Waals surface area contributed by atoms with Crippen molar-refractivity contribution in [3.05, 3.63) is 64.7 Å². The van der Waals surface area contributed by atoms with E-state index in [0.717, 1.165) is 43.2 Å². The molecule has 33 heavy (non-hydrogen) atoms. The fourth-order valence-electron chi connectivity index (χ4n) is 3.25. The number of pyridine rings is 1. The number of hydrogen-bond donors (Lipinski definition) is 0. The third-order valence-corrected chi connectivity index (χ3v) is 5.91. The van der Waals surface area contributed by atoms with Crippen LogP contribution in [-0.2, 0) is 12.6 Å². The minimum atomic E-state index is -4.45. The molecule has 3 aromatic rings. The Hall–Kier alpha value is -3.18. The zero-order chi connectivity index (χ0) is 23.3. The zero-order valence-corrected chi connectivity index (χ0v) is 18.3. The lowest BCUT2D eigenvalue weighted by Crippen LogP contribution is -2.49. The van der Waals surface area contributed by atoms with Gasteiger partial charge in [-0.2, -0.15) is 13.2 Å². The fraction of sp³-hybridized carbons (Fsp3) is 0.318. The molecule has 1 aliphatic rings. The van der Waals surface area contributed by atoms with Gasteiger partial charge in [-0.3, -0.25) is 4.90 Å². The van der Waals surface area contributed by atoms with Gasteiger partial charge in [-0.1, -0.05) is 0 Å². The van der Waals surface area contributed by atoms with E-state index < -0.39 is 17.8 Å². The Morgan fingerprint density at radius 1 is 1.00 bits per heavy atom. The van der Waals surface area contributed by atoms with Crippen LogP contribution in [0.25, 0.3) is 0 Å². The summed E-state index contributed by atoms with van der Waals surface area (Å²) in [6.07, 6.45) is -1.46. The number of carbonyl (C=O) groups is 1. The summed E-state index contributed by atoms with van der Waals surface area (Å²) in [5, 5.41) is 3.08. The standard InChI is InChI=1S/C22H21F3N4O3S/c23-22(24,25)16-1-6-19(27-15-16)31-17-2-4-18(5-3-17)32-21(30)29-12-10-28(11-13-29)9-7-20-26-8-14-33-20/h1-6,8,14-15H,7,9-13H2. The molecule has 174 valence electrons. The molecule has 7 nitrogen and oxygen atoms in total. The molecular formula is C22H21F3N4O3S. The molecule has 4 rings (SSSR count). The zero-order valence-electron chi connectivity index (χ0n) is 17.5. The van der Waals surface area contributed by atoms with Crippen molar-refractivity contribution in [1.29, 1.82) is 0 Å². The van der Waals surface area contributed by atoms with Crippen molar-refractivity contribution in [2.45, 2.75) is 12.6 Å². The van der Waals surface area contributed by atoms with Crippen LogP contribution in [0.5, 0.6) is 17.4 Å². The van der Waals surface area contributed by atoms with Gasteiger partial charge in [0.1, 0.15) is 11.5 Å². The molecule has 0 atom stereocenters. The van der Waals surface area contributed by atoms with Crippen LogP contribution >= 0.6 is 11.3 Å². The van der Waals surface area contributed by atoms with Crippen LogP contribution in [0.2, 0.25) is 0 Å². The molecule has 1 amide bonds. The number of amides is 1. The first-order chi connectivity index (χ1) is 15.9. The van der Waals surface area contributed by atoms with Gasteiger partial charge in [-0.25, -0.2) is 14.8 Å². The Labute approximate surface area is 192 Å². The molecule has 1 aromatic carbocycles. The number of thiazole rings is 1. The van der Waals surface area contributed by atoms with Crippen LogP contribution in [-0.4, -0.2) is 58.6 Å².